The lowest BCUT2D eigenvalue weighted by atomic mass is 10.1. The number of hydrogen-bond acceptors (Lipinski definition) is 3. The summed E-state index contributed by atoms with van der Waals surface area (Å²) in [7, 11) is 1.46. The van der Waals surface area contributed by atoms with Crippen molar-refractivity contribution in [3.05, 3.63) is 29.8 Å². The van der Waals surface area contributed by atoms with E-state index in [0.29, 0.717) is 23.7 Å². The zero-order valence-corrected chi connectivity index (χ0v) is 11.5. The van der Waals surface area contributed by atoms with Crippen molar-refractivity contribution in [2.45, 2.75) is 13.8 Å². The molecule has 0 aliphatic carbocycles. The van der Waals surface area contributed by atoms with Crippen LogP contribution < -0.4 is 10.6 Å². The second-order valence-electron chi connectivity index (χ2n) is 4.66. The molecule has 0 bridgehead atoms. The van der Waals surface area contributed by atoms with Crippen LogP contribution in [-0.2, 0) is 9.53 Å². The Hall–Kier alpha value is -1.88. The minimum Gasteiger partial charge on any atom is -0.375 e. The van der Waals surface area contributed by atoms with Crippen LogP contribution in [0.15, 0.2) is 24.3 Å². The number of benzene rings is 1. The molecule has 1 aromatic rings. The van der Waals surface area contributed by atoms with Crippen LogP contribution in [0.5, 0.6) is 0 Å². The van der Waals surface area contributed by atoms with Gasteiger partial charge in [-0.15, -0.1) is 0 Å². The van der Waals surface area contributed by atoms with Crippen molar-refractivity contribution in [1.29, 1.82) is 0 Å². The van der Waals surface area contributed by atoms with Crippen molar-refractivity contribution in [3.8, 4) is 0 Å². The van der Waals surface area contributed by atoms with Gasteiger partial charge in [-0.1, -0.05) is 13.8 Å². The molecule has 2 N–H and O–H groups in total. The molecule has 1 rings (SSSR count). The molecule has 104 valence electrons. The smallest absolute Gasteiger partial charge is 0.251 e. The zero-order valence-electron chi connectivity index (χ0n) is 11.5. The van der Waals surface area contributed by atoms with Gasteiger partial charge in [0.05, 0.1) is 0 Å². The van der Waals surface area contributed by atoms with E-state index in [0.717, 1.165) is 0 Å². The fraction of sp³-hybridized carbons (Fsp3) is 0.429. The molecule has 19 heavy (non-hydrogen) atoms. The second kappa shape index (κ2) is 7.53. The van der Waals surface area contributed by atoms with Crippen LogP contribution in [0.1, 0.15) is 24.2 Å². The Labute approximate surface area is 113 Å². The number of amides is 2. The number of carbonyl (C=O) groups excluding carboxylic acids is 2. The second-order valence-corrected chi connectivity index (χ2v) is 4.66. The summed E-state index contributed by atoms with van der Waals surface area (Å²) < 4.78 is 4.72. The average Bonchev–Trinajstić information content (AvgIpc) is 2.37. The molecule has 0 aromatic heterocycles. The van der Waals surface area contributed by atoms with Crippen LogP contribution in [0.4, 0.5) is 5.69 Å². The lowest BCUT2D eigenvalue weighted by molar-refractivity contribution is -0.119. The number of rotatable bonds is 6. The topological polar surface area (TPSA) is 67.4 Å². The van der Waals surface area contributed by atoms with Gasteiger partial charge in [-0.25, -0.2) is 0 Å². The third-order valence-electron chi connectivity index (χ3n) is 2.38. The van der Waals surface area contributed by atoms with Crippen molar-refractivity contribution < 1.29 is 14.3 Å². The molecule has 0 aliphatic rings. The van der Waals surface area contributed by atoms with Gasteiger partial charge >= 0.3 is 0 Å². The summed E-state index contributed by atoms with van der Waals surface area (Å²) in [5.41, 5.74) is 1.22. The van der Waals surface area contributed by atoms with Gasteiger partial charge in [-0.05, 0) is 30.2 Å². The van der Waals surface area contributed by atoms with Gasteiger partial charge in [0.1, 0.15) is 6.61 Å². The largest absolute Gasteiger partial charge is 0.375 e. The maximum atomic E-state index is 11.8. The molecule has 0 fully saturated rings. The standard InChI is InChI=1S/C14H20N2O3/c1-10(2)8-15-14(18)11-4-6-12(7-5-11)16-13(17)9-19-3/h4-7,10H,8-9H2,1-3H3,(H,15,18)(H,16,17). The Morgan fingerprint density at radius 3 is 2.37 bits per heavy atom. The molecule has 0 radical (unpaired) electrons. The minimum absolute atomic E-state index is 0.0105. The Balaban J connectivity index is 2.56. The van der Waals surface area contributed by atoms with E-state index >= 15 is 0 Å². The minimum atomic E-state index is -0.223. The summed E-state index contributed by atoms with van der Waals surface area (Å²) in [5, 5.41) is 5.50. The van der Waals surface area contributed by atoms with Gasteiger partial charge in [0.15, 0.2) is 0 Å². The van der Waals surface area contributed by atoms with E-state index in [-0.39, 0.29) is 18.4 Å². The maximum Gasteiger partial charge on any atom is 0.251 e. The third kappa shape index (κ3) is 5.52. The summed E-state index contributed by atoms with van der Waals surface area (Å²) in [6.07, 6.45) is 0. The van der Waals surface area contributed by atoms with E-state index in [1.54, 1.807) is 24.3 Å². The highest BCUT2D eigenvalue weighted by Crippen LogP contribution is 2.09. The molecule has 0 unspecified atom stereocenters. The highest BCUT2D eigenvalue weighted by atomic mass is 16.5. The SMILES string of the molecule is COCC(=O)Nc1ccc(C(=O)NCC(C)C)cc1. The fourth-order valence-electron chi connectivity index (χ4n) is 1.43. The predicted molar refractivity (Wildman–Crippen MR) is 74.1 cm³/mol. The van der Waals surface area contributed by atoms with Crippen LogP contribution in [-0.4, -0.2) is 32.1 Å². The summed E-state index contributed by atoms with van der Waals surface area (Å²) in [6.45, 7) is 4.73. The number of ether oxygens (including phenoxy) is 1. The van der Waals surface area contributed by atoms with Gasteiger partial charge in [-0.2, -0.15) is 0 Å². The average molecular weight is 264 g/mol. The van der Waals surface area contributed by atoms with E-state index in [9.17, 15) is 9.59 Å². The predicted octanol–water partition coefficient (Wildman–Crippen LogP) is 1.66. The van der Waals surface area contributed by atoms with Gasteiger partial charge in [0.2, 0.25) is 5.91 Å². The number of nitrogens with one attached hydrogen (secondary N) is 2. The van der Waals surface area contributed by atoms with Crippen LogP contribution in [0, 0.1) is 5.92 Å². The Kier molecular flexibility index (Phi) is 6.02. The van der Waals surface area contributed by atoms with Crippen LogP contribution in [0.25, 0.3) is 0 Å². The maximum absolute atomic E-state index is 11.8. The molecule has 0 saturated heterocycles. The third-order valence-corrected chi connectivity index (χ3v) is 2.38. The lowest BCUT2D eigenvalue weighted by Crippen LogP contribution is -2.27. The fourth-order valence-corrected chi connectivity index (χ4v) is 1.43. The molecule has 5 nitrogen and oxygen atoms in total. The van der Waals surface area contributed by atoms with E-state index in [1.165, 1.54) is 7.11 Å². The summed E-state index contributed by atoms with van der Waals surface area (Å²) in [5.74, 6) is 0.0829. The van der Waals surface area contributed by atoms with E-state index < -0.39 is 0 Å². The highest BCUT2D eigenvalue weighted by Gasteiger charge is 2.06. The first kappa shape index (κ1) is 15.2. The van der Waals surface area contributed by atoms with Gasteiger partial charge in [0, 0.05) is 24.9 Å². The number of methoxy groups -OCH3 is 1. The molecule has 0 aliphatic heterocycles. The highest BCUT2D eigenvalue weighted by molar-refractivity contribution is 5.96. The summed E-state index contributed by atoms with van der Waals surface area (Å²) in [6, 6.07) is 6.74. The van der Waals surface area contributed by atoms with E-state index in [1.807, 2.05) is 13.8 Å². The summed E-state index contributed by atoms with van der Waals surface area (Å²) >= 11 is 0. The normalized spacial score (nSPS) is 10.3. The van der Waals surface area contributed by atoms with E-state index in [4.69, 9.17) is 4.74 Å². The zero-order chi connectivity index (χ0) is 14.3. The lowest BCUT2D eigenvalue weighted by Gasteiger charge is -2.08. The molecule has 0 heterocycles. The van der Waals surface area contributed by atoms with Gasteiger partial charge in [0.25, 0.3) is 5.91 Å². The van der Waals surface area contributed by atoms with Crippen molar-refractivity contribution in [3.63, 3.8) is 0 Å². The van der Waals surface area contributed by atoms with Crippen LogP contribution in [0.3, 0.4) is 0 Å². The molecule has 1 aromatic carbocycles. The number of anilines is 1. The Morgan fingerprint density at radius 2 is 1.84 bits per heavy atom. The Bertz CT molecular complexity index is 427. The molecule has 5 heteroatoms. The quantitative estimate of drug-likeness (QED) is 0.821. The van der Waals surface area contributed by atoms with Gasteiger partial charge in [-0.3, -0.25) is 9.59 Å². The first-order valence-electron chi connectivity index (χ1n) is 6.20. The van der Waals surface area contributed by atoms with Crippen molar-refractivity contribution >= 4 is 17.5 Å². The molecule has 0 saturated carbocycles. The molecular formula is C14H20N2O3. The molecule has 2 amide bonds. The molecule has 0 atom stereocenters. The van der Waals surface area contributed by atoms with E-state index in [2.05, 4.69) is 10.6 Å². The molecular weight excluding hydrogens is 244 g/mol. The first-order valence-corrected chi connectivity index (χ1v) is 6.20. The monoisotopic (exact) mass is 264 g/mol. The molecule has 0 spiro atoms. The van der Waals surface area contributed by atoms with Crippen molar-refractivity contribution in [2.24, 2.45) is 5.92 Å². The summed E-state index contributed by atoms with van der Waals surface area (Å²) in [4.78, 5) is 23.1. The number of hydrogen-bond donors (Lipinski definition) is 2. The Morgan fingerprint density at radius 1 is 1.21 bits per heavy atom. The van der Waals surface area contributed by atoms with Crippen LogP contribution in [0.2, 0.25) is 0 Å². The van der Waals surface area contributed by atoms with Gasteiger partial charge < -0.3 is 15.4 Å². The van der Waals surface area contributed by atoms with Crippen LogP contribution >= 0.6 is 0 Å². The first-order chi connectivity index (χ1) is 9.02. The number of carbonyl (C=O) groups is 2. The van der Waals surface area contributed by atoms with Crippen molar-refractivity contribution in [1.82, 2.24) is 5.32 Å². The van der Waals surface area contributed by atoms with Crippen molar-refractivity contribution in [2.75, 3.05) is 25.6 Å².